The molecule has 1 atom stereocenters. The molecule has 0 unspecified atom stereocenters. The number of fused-ring (bicyclic) bond motifs is 3. The molecule has 2 aliphatic heterocycles. The first-order valence-electron chi connectivity index (χ1n) is 9.59. The average molecular weight is 410 g/mol. The van der Waals surface area contributed by atoms with Gasteiger partial charge in [-0.3, -0.25) is 14.5 Å². The summed E-state index contributed by atoms with van der Waals surface area (Å²) in [6.07, 6.45) is 0.986. The molecular weight excluding hydrogens is 390 g/mol. The van der Waals surface area contributed by atoms with Gasteiger partial charge in [-0.25, -0.2) is 4.90 Å². The van der Waals surface area contributed by atoms with Crippen LogP contribution in [0.2, 0.25) is 5.02 Å². The number of halogens is 1. The van der Waals surface area contributed by atoms with Crippen LogP contribution in [0.5, 0.6) is 5.75 Å². The Hall–Kier alpha value is -2.83. The molecule has 2 aliphatic rings. The van der Waals surface area contributed by atoms with Gasteiger partial charge in [-0.1, -0.05) is 23.7 Å². The molecule has 1 N–H and O–H groups in total. The molecule has 0 radical (unpaired) electrons. The maximum absolute atomic E-state index is 13.1. The summed E-state index contributed by atoms with van der Waals surface area (Å²) in [4.78, 5) is 32.6. The SMILES string of the molecule is COc1ccc2[nH]c3c(c2c1)CCN([C@@H]1CC(=O)N(c2ccccc2Cl)C1=O)C3. The van der Waals surface area contributed by atoms with Gasteiger partial charge in [0.25, 0.3) is 5.91 Å². The van der Waals surface area contributed by atoms with E-state index >= 15 is 0 Å². The maximum atomic E-state index is 13.1. The fraction of sp³-hybridized carbons (Fsp3) is 0.273. The molecule has 5 rings (SSSR count). The summed E-state index contributed by atoms with van der Waals surface area (Å²) < 4.78 is 5.35. The van der Waals surface area contributed by atoms with Crippen LogP contribution in [0.25, 0.3) is 10.9 Å². The van der Waals surface area contributed by atoms with Crippen molar-refractivity contribution in [3.05, 3.63) is 58.7 Å². The summed E-state index contributed by atoms with van der Waals surface area (Å²) in [5, 5.41) is 1.56. The molecule has 2 aromatic carbocycles. The normalized spacial score (nSPS) is 19.8. The number of carbonyl (C=O) groups is 2. The summed E-state index contributed by atoms with van der Waals surface area (Å²) in [6, 6.07) is 12.5. The molecule has 3 heterocycles. The quantitative estimate of drug-likeness (QED) is 0.672. The predicted molar refractivity (Wildman–Crippen MR) is 111 cm³/mol. The Kier molecular flexibility index (Phi) is 4.33. The minimum atomic E-state index is -0.465. The van der Waals surface area contributed by atoms with Gasteiger partial charge in [0.2, 0.25) is 5.91 Å². The van der Waals surface area contributed by atoms with Crippen LogP contribution in [-0.4, -0.2) is 41.4 Å². The number of nitrogens with zero attached hydrogens (tertiary/aromatic N) is 2. The van der Waals surface area contributed by atoms with E-state index in [9.17, 15) is 9.59 Å². The molecule has 0 spiro atoms. The van der Waals surface area contributed by atoms with Crippen LogP contribution in [0, 0.1) is 0 Å². The number of benzene rings is 2. The fourth-order valence-electron chi connectivity index (χ4n) is 4.42. The number of aromatic nitrogens is 1. The zero-order chi connectivity index (χ0) is 20.1. The Morgan fingerprint density at radius 3 is 2.79 bits per heavy atom. The highest BCUT2D eigenvalue weighted by Crippen LogP contribution is 2.35. The first-order chi connectivity index (χ1) is 14.1. The number of amides is 2. The molecular formula is C22H20ClN3O3. The Morgan fingerprint density at radius 1 is 1.17 bits per heavy atom. The summed E-state index contributed by atoms with van der Waals surface area (Å²) in [6.45, 7) is 1.32. The number of anilines is 1. The van der Waals surface area contributed by atoms with E-state index in [1.807, 2.05) is 18.2 Å². The highest BCUT2D eigenvalue weighted by molar-refractivity contribution is 6.36. The van der Waals surface area contributed by atoms with Crippen molar-refractivity contribution in [2.75, 3.05) is 18.6 Å². The zero-order valence-corrected chi connectivity index (χ0v) is 16.7. The molecule has 1 saturated heterocycles. The van der Waals surface area contributed by atoms with Crippen LogP contribution in [0.3, 0.4) is 0 Å². The van der Waals surface area contributed by atoms with E-state index in [-0.39, 0.29) is 18.2 Å². The molecule has 0 bridgehead atoms. The number of methoxy groups -OCH3 is 1. The van der Waals surface area contributed by atoms with Crippen LogP contribution in [0.1, 0.15) is 17.7 Å². The van der Waals surface area contributed by atoms with E-state index in [1.54, 1.807) is 31.4 Å². The first-order valence-corrected chi connectivity index (χ1v) is 9.97. The Labute approximate surface area is 173 Å². The van der Waals surface area contributed by atoms with Crippen LogP contribution in [0.15, 0.2) is 42.5 Å². The first kappa shape index (κ1) is 18.2. The summed E-state index contributed by atoms with van der Waals surface area (Å²) in [7, 11) is 1.66. The number of rotatable bonds is 3. The van der Waals surface area contributed by atoms with Gasteiger partial charge in [-0.05, 0) is 42.3 Å². The molecule has 2 amide bonds. The molecule has 1 aromatic heterocycles. The van der Waals surface area contributed by atoms with Crippen molar-refractivity contribution in [1.82, 2.24) is 9.88 Å². The predicted octanol–water partition coefficient (Wildman–Crippen LogP) is 3.52. The number of aromatic amines is 1. The van der Waals surface area contributed by atoms with E-state index in [0.717, 1.165) is 35.3 Å². The van der Waals surface area contributed by atoms with Crippen molar-refractivity contribution >= 4 is 40.0 Å². The van der Waals surface area contributed by atoms with E-state index in [0.29, 0.717) is 17.3 Å². The lowest BCUT2D eigenvalue weighted by Gasteiger charge is -2.30. The van der Waals surface area contributed by atoms with Crippen molar-refractivity contribution in [2.45, 2.75) is 25.4 Å². The number of ether oxygens (including phenoxy) is 1. The molecule has 148 valence electrons. The number of para-hydroxylation sites is 1. The van der Waals surface area contributed by atoms with E-state index in [4.69, 9.17) is 16.3 Å². The lowest BCUT2D eigenvalue weighted by atomic mass is 10.0. The molecule has 0 saturated carbocycles. The second kappa shape index (κ2) is 6.90. The minimum Gasteiger partial charge on any atom is -0.497 e. The van der Waals surface area contributed by atoms with Gasteiger partial charge in [0.1, 0.15) is 5.75 Å². The third kappa shape index (κ3) is 2.91. The third-order valence-corrected chi connectivity index (χ3v) is 6.19. The summed E-state index contributed by atoms with van der Waals surface area (Å²) >= 11 is 6.23. The van der Waals surface area contributed by atoms with Gasteiger partial charge < -0.3 is 9.72 Å². The number of nitrogens with one attached hydrogen (secondary N) is 1. The highest BCUT2D eigenvalue weighted by Gasteiger charge is 2.44. The molecule has 3 aromatic rings. The Morgan fingerprint density at radius 2 is 2.00 bits per heavy atom. The molecule has 29 heavy (non-hydrogen) atoms. The summed E-state index contributed by atoms with van der Waals surface area (Å²) in [5.41, 5.74) is 3.87. The lowest BCUT2D eigenvalue weighted by Crippen LogP contribution is -2.44. The highest BCUT2D eigenvalue weighted by atomic mass is 35.5. The van der Waals surface area contributed by atoms with Crippen LogP contribution >= 0.6 is 11.6 Å². The standard InChI is InChI=1S/C22H20ClN3O3/c1-29-13-6-7-17-15(10-13)14-8-9-25(12-18(14)24-17)20-11-21(27)26(22(20)28)19-5-3-2-4-16(19)23/h2-7,10,20,24H,8-9,11-12H2,1H3/t20-/m1/s1. The monoisotopic (exact) mass is 409 g/mol. The Balaban J connectivity index is 1.43. The maximum Gasteiger partial charge on any atom is 0.251 e. The van der Waals surface area contributed by atoms with Gasteiger partial charge >= 0.3 is 0 Å². The van der Waals surface area contributed by atoms with Crippen molar-refractivity contribution in [3.63, 3.8) is 0 Å². The van der Waals surface area contributed by atoms with Gasteiger partial charge in [-0.2, -0.15) is 0 Å². The molecule has 7 heteroatoms. The Bertz CT molecular complexity index is 1140. The largest absolute Gasteiger partial charge is 0.497 e. The fourth-order valence-corrected chi connectivity index (χ4v) is 4.64. The lowest BCUT2D eigenvalue weighted by molar-refractivity contribution is -0.123. The van der Waals surface area contributed by atoms with E-state index in [2.05, 4.69) is 9.88 Å². The van der Waals surface area contributed by atoms with Crippen LogP contribution < -0.4 is 9.64 Å². The smallest absolute Gasteiger partial charge is 0.251 e. The zero-order valence-electron chi connectivity index (χ0n) is 15.9. The van der Waals surface area contributed by atoms with E-state index < -0.39 is 6.04 Å². The van der Waals surface area contributed by atoms with Crippen molar-refractivity contribution in [1.29, 1.82) is 0 Å². The topological polar surface area (TPSA) is 65.6 Å². The van der Waals surface area contributed by atoms with Gasteiger partial charge in [0.05, 0.1) is 30.3 Å². The number of hydrogen-bond acceptors (Lipinski definition) is 4. The molecule has 6 nitrogen and oxygen atoms in total. The second-order valence-electron chi connectivity index (χ2n) is 7.45. The van der Waals surface area contributed by atoms with Crippen molar-refractivity contribution in [2.24, 2.45) is 0 Å². The summed E-state index contributed by atoms with van der Waals surface area (Å²) in [5.74, 6) is 0.415. The molecule has 0 aliphatic carbocycles. The second-order valence-corrected chi connectivity index (χ2v) is 7.86. The number of carbonyl (C=O) groups excluding carboxylic acids is 2. The number of imide groups is 1. The van der Waals surface area contributed by atoms with Crippen molar-refractivity contribution in [3.8, 4) is 5.75 Å². The van der Waals surface area contributed by atoms with Gasteiger partial charge in [0, 0.05) is 29.7 Å². The third-order valence-electron chi connectivity index (χ3n) is 5.87. The van der Waals surface area contributed by atoms with E-state index in [1.165, 1.54) is 10.5 Å². The van der Waals surface area contributed by atoms with Gasteiger partial charge in [0.15, 0.2) is 0 Å². The van der Waals surface area contributed by atoms with Crippen molar-refractivity contribution < 1.29 is 14.3 Å². The van der Waals surface area contributed by atoms with Crippen LogP contribution in [-0.2, 0) is 22.6 Å². The minimum absolute atomic E-state index is 0.174. The van der Waals surface area contributed by atoms with Crippen LogP contribution in [0.4, 0.5) is 5.69 Å². The number of hydrogen-bond donors (Lipinski definition) is 1. The van der Waals surface area contributed by atoms with Gasteiger partial charge in [-0.15, -0.1) is 0 Å². The molecule has 1 fully saturated rings. The number of H-pyrrole nitrogens is 1. The average Bonchev–Trinajstić information content (AvgIpc) is 3.24.